The van der Waals surface area contributed by atoms with E-state index in [4.69, 9.17) is 10.2 Å². The first kappa shape index (κ1) is 12.2. The Labute approximate surface area is 92.6 Å². The van der Waals surface area contributed by atoms with Crippen molar-refractivity contribution in [3.8, 4) is 0 Å². The van der Waals surface area contributed by atoms with Crippen LogP contribution in [0.4, 0.5) is 0 Å². The molecule has 1 atom stereocenters. The molecule has 84 valence electrons. The molecule has 1 rings (SSSR count). The Morgan fingerprint density at radius 2 is 2.40 bits per heavy atom. The Morgan fingerprint density at radius 3 is 2.87 bits per heavy atom. The van der Waals surface area contributed by atoms with Crippen LogP contribution in [-0.2, 0) is 6.54 Å². The number of hydrogen-bond donors (Lipinski definition) is 3. The van der Waals surface area contributed by atoms with Gasteiger partial charge in [0.25, 0.3) is 0 Å². The third-order valence-corrected chi connectivity index (χ3v) is 3.12. The largest absolute Gasteiger partial charge is 0.478 e. The van der Waals surface area contributed by atoms with Gasteiger partial charge in [-0.05, 0) is 12.5 Å². The first-order chi connectivity index (χ1) is 7.17. The predicted molar refractivity (Wildman–Crippen MR) is 59.3 cm³/mol. The molecule has 0 unspecified atom stereocenters. The van der Waals surface area contributed by atoms with Gasteiger partial charge in [-0.3, -0.25) is 0 Å². The van der Waals surface area contributed by atoms with Gasteiger partial charge in [0, 0.05) is 22.8 Å². The number of thiophene rings is 1. The smallest absolute Gasteiger partial charge is 0.336 e. The van der Waals surface area contributed by atoms with Gasteiger partial charge in [0.2, 0.25) is 0 Å². The summed E-state index contributed by atoms with van der Waals surface area (Å²) in [5.74, 6) is -0.897. The second-order valence-corrected chi connectivity index (χ2v) is 4.27. The first-order valence-corrected chi connectivity index (χ1v) is 5.70. The molecule has 0 saturated heterocycles. The third kappa shape index (κ3) is 3.62. The topological polar surface area (TPSA) is 69.6 Å². The summed E-state index contributed by atoms with van der Waals surface area (Å²) in [5.41, 5.74) is 0.328. The molecule has 0 spiro atoms. The fourth-order valence-corrected chi connectivity index (χ4v) is 1.98. The van der Waals surface area contributed by atoms with E-state index in [2.05, 4.69) is 5.32 Å². The molecule has 1 aromatic rings. The summed E-state index contributed by atoms with van der Waals surface area (Å²) in [7, 11) is 0. The Morgan fingerprint density at radius 1 is 1.67 bits per heavy atom. The zero-order valence-corrected chi connectivity index (χ0v) is 9.38. The van der Waals surface area contributed by atoms with Crippen LogP contribution < -0.4 is 5.32 Å². The van der Waals surface area contributed by atoms with Gasteiger partial charge in [0.15, 0.2) is 0 Å². The highest BCUT2D eigenvalue weighted by molar-refractivity contribution is 7.10. The molecule has 4 nitrogen and oxygen atoms in total. The molecule has 0 aromatic carbocycles. The van der Waals surface area contributed by atoms with Gasteiger partial charge < -0.3 is 15.5 Å². The number of carboxylic acids is 1. The zero-order valence-electron chi connectivity index (χ0n) is 8.56. The maximum absolute atomic E-state index is 10.6. The molecule has 15 heavy (non-hydrogen) atoms. The van der Waals surface area contributed by atoms with Crippen LogP contribution in [0.3, 0.4) is 0 Å². The van der Waals surface area contributed by atoms with Crippen LogP contribution in [0.2, 0.25) is 0 Å². The molecule has 0 aliphatic carbocycles. The molecule has 0 fully saturated rings. The standard InChI is InChI=1S/C10H15NO3S/c1-2-8(5-12)11-4-9-3-7(6-15-9)10(13)14/h3,6,8,11-12H,2,4-5H2,1H3,(H,13,14)/t8-/m0/s1. The van der Waals surface area contributed by atoms with Gasteiger partial charge in [0.05, 0.1) is 12.2 Å². The summed E-state index contributed by atoms with van der Waals surface area (Å²) in [5, 5.41) is 22.4. The van der Waals surface area contributed by atoms with Crippen molar-refractivity contribution in [2.45, 2.75) is 25.9 Å². The molecular formula is C10H15NO3S. The van der Waals surface area contributed by atoms with Crippen molar-refractivity contribution in [2.75, 3.05) is 6.61 Å². The third-order valence-electron chi connectivity index (χ3n) is 2.18. The normalized spacial score (nSPS) is 12.7. The highest BCUT2D eigenvalue weighted by Crippen LogP contribution is 2.14. The van der Waals surface area contributed by atoms with Crippen LogP contribution in [0, 0.1) is 0 Å². The lowest BCUT2D eigenvalue weighted by Crippen LogP contribution is -2.30. The average molecular weight is 229 g/mol. The van der Waals surface area contributed by atoms with Gasteiger partial charge in [-0.2, -0.15) is 0 Å². The summed E-state index contributed by atoms with van der Waals surface area (Å²) in [6.45, 7) is 2.70. The van der Waals surface area contributed by atoms with E-state index < -0.39 is 5.97 Å². The molecule has 0 amide bonds. The Kier molecular flexibility index (Phi) is 4.74. The summed E-state index contributed by atoms with van der Waals surface area (Å²) < 4.78 is 0. The molecule has 0 radical (unpaired) electrons. The summed E-state index contributed by atoms with van der Waals surface area (Å²) >= 11 is 1.42. The van der Waals surface area contributed by atoms with E-state index in [9.17, 15) is 4.79 Å². The molecule has 0 saturated carbocycles. The van der Waals surface area contributed by atoms with E-state index in [-0.39, 0.29) is 12.6 Å². The van der Waals surface area contributed by atoms with Crippen LogP contribution in [0.25, 0.3) is 0 Å². The van der Waals surface area contributed by atoms with Crippen LogP contribution >= 0.6 is 11.3 Å². The van der Waals surface area contributed by atoms with E-state index in [1.165, 1.54) is 11.3 Å². The molecule has 1 heterocycles. The highest BCUT2D eigenvalue weighted by atomic mass is 32.1. The summed E-state index contributed by atoms with van der Waals surface area (Å²) in [4.78, 5) is 11.6. The molecule has 0 aliphatic rings. The van der Waals surface area contributed by atoms with Crippen LogP contribution in [0.5, 0.6) is 0 Å². The molecule has 0 bridgehead atoms. The fraction of sp³-hybridized carbons (Fsp3) is 0.500. The Hall–Kier alpha value is -0.910. The maximum Gasteiger partial charge on any atom is 0.336 e. The van der Waals surface area contributed by atoms with Gasteiger partial charge in [-0.25, -0.2) is 4.79 Å². The van der Waals surface area contributed by atoms with E-state index in [0.29, 0.717) is 12.1 Å². The van der Waals surface area contributed by atoms with Crippen molar-refractivity contribution < 1.29 is 15.0 Å². The second kappa shape index (κ2) is 5.85. The lowest BCUT2D eigenvalue weighted by Gasteiger charge is -2.12. The quantitative estimate of drug-likeness (QED) is 0.688. The molecule has 0 aliphatic heterocycles. The van der Waals surface area contributed by atoms with Crippen LogP contribution in [0.1, 0.15) is 28.6 Å². The number of hydrogen-bond acceptors (Lipinski definition) is 4. The first-order valence-electron chi connectivity index (χ1n) is 4.82. The van der Waals surface area contributed by atoms with Crippen molar-refractivity contribution in [2.24, 2.45) is 0 Å². The SMILES string of the molecule is CC[C@@H](CO)NCc1cc(C(=O)O)cs1. The lowest BCUT2D eigenvalue weighted by atomic mass is 10.2. The summed E-state index contributed by atoms with van der Waals surface area (Å²) in [6.07, 6.45) is 0.855. The van der Waals surface area contributed by atoms with Crippen LogP contribution in [-0.4, -0.2) is 28.8 Å². The van der Waals surface area contributed by atoms with Gasteiger partial charge in [-0.15, -0.1) is 11.3 Å². The number of aliphatic hydroxyl groups is 1. The molecule has 3 N–H and O–H groups in total. The zero-order chi connectivity index (χ0) is 11.3. The van der Waals surface area contributed by atoms with E-state index >= 15 is 0 Å². The van der Waals surface area contributed by atoms with Crippen molar-refractivity contribution in [3.05, 3.63) is 21.9 Å². The number of nitrogens with one attached hydrogen (secondary N) is 1. The van der Waals surface area contributed by atoms with E-state index in [0.717, 1.165) is 11.3 Å². The number of carboxylic acid groups (broad SMARTS) is 1. The number of rotatable bonds is 6. The van der Waals surface area contributed by atoms with Crippen molar-refractivity contribution >= 4 is 17.3 Å². The van der Waals surface area contributed by atoms with E-state index in [1.807, 2.05) is 6.92 Å². The molecule has 5 heteroatoms. The molecular weight excluding hydrogens is 214 g/mol. The second-order valence-electron chi connectivity index (χ2n) is 3.28. The average Bonchev–Trinajstić information content (AvgIpc) is 2.68. The van der Waals surface area contributed by atoms with Gasteiger partial charge >= 0.3 is 5.97 Å². The fourth-order valence-electron chi connectivity index (χ4n) is 1.17. The van der Waals surface area contributed by atoms with Gasteiger partial charge in [0.1, 0.15) is 0 Å². The minimum Gasteiger partial charge on any atom is -0.478 e. The van der Waals surface area contributed by atoms with Crippen molar-refractivity contribution in [1.29, 1.82) is 0 Å². The Bertz CT molecular complexity index is 320. The highest BCUT2D eigenvalue weighted by Gasteiger charge is 2.08. The number of carbonyl (C=O) groups is 1. The lowest BCUT2D eigenvalue weighted by molar-refractivity contribution is 0.0697. The number of aromatic carboxylic acids is 1. The Balaban J connectivity index is 2.47. The van der Waals surface area contributed by atoms with Crippen LogP contribution in [0.15, 0.2) is 11.4 Å². The summed E-state index contributed by atoms with van der Waals surface area (Å²) in [6, 6.07) is 1.74. The van der Waals surface area contributed by atoms with Crippen molar-refractivity contribution in [1.82, 2.24) is 5.32 Å². The monoisotopic (exact) mass is 229 g/mol. The minimum absolute atomic E-state index is 0.0837. The minimum atomic E-state index is -0.897. The van der Waals surface area contributed by atoms with Gasteiger partial charge in [-0.1, -0.05) is 6.92 Å². The predicted octanol–water partition coefficient (Wildman–Crippen LogP) is 1.31. The van der Waals surface area contributed by atoms with Crippen molar-refractivity contribution in [3.63, 3.8) is 0 Å². The van der Waals surface area contributed by atoms with E-state index in [1.54, 1.807) is 11.4 Å². The number of aliphatic hydroxyl groups excluding tert-OH is 1. The maximum atomic E-state index is 10.6. The molecule has 1 aromatic heterocycles.